The van der Waals surface area contributed by atoms with Crippen LogP contribution in [0.25, 0.3) is 5.69 Å². The Balaban J connectivity index is 1.26. The maximum absolute atomic E-state index is 6.35. The quantitative estimate of drug-likeness (QED) is 0.628. The van der Waals surface area contributed by atoms with Crippen molar-refractivity contribution in [2.45, 2.75) is 33.0 Å². The SMILES string of the molecule is CC(C)N1Cc2cc(Cl)ccc2-n2c(nnc2N2CC3(CN(c4cccnc4)C3)C2)C1. The van der Waals surface area contributed by atoms with Crippen LogP contribution >= 0.6 is 11.6 Å². The van der Waals surface area contributed by atoms with E-state index in [1.54, 1.807) is 0 Å². The first-order valence-corrected chi connectivity index (χ1v) is 11.3. The Bertz CT molecular complexity index is 1110. The van der Waals surface area contributed by atoms with Crippen molar-refractivity contribution in [2.75, 3.05) is 36.0 Å². The van der Waals surface area contributed by atoms with Gasteiger partial charge in [-0.15, -0.1) is 10.2 Å². The molecule has 3 aliphatic rings. The van der Waals surface area contributed by atoms with Gasteiger partial charge < -0.3 is 9.80 Å². The first-order valence-electron chi connectivity index (χ1n) is 10.9. The molecule has 0 N–H and O–H groups in total. The predicted molar refractivity (Wildman–Crippen MR) is 122 cm³/mol. The van der Waals surface area contributed by atoms with E-state index in [0.717, 1.165) is 61.8 Å². The molecule has 160 valence electrons. The number of nitrogens with zero attached hydrogens (tertiary/aromatic N) is 7. The lowest BCUT2D eigenvalue weighted by Gasteiger charge is -2.60. The van der Waals surface area contributed by atoms with Crippen molar-refractivity contribution in [1.29, 1.82) is 0 Å². The van der Waals surface area contributed by atoms with Gasteiger partial charge in [0.1, 0.15) is 0 Å². The van der Waals surface area contributed by atoms with E-state index in [1.807, 2.05) is 24.5 Å². The lowest BCUT2D eigenvalue weighted by molar-refractivity contribution is 0.154. The molecule has 1 spiro atoms. The predicted octanol–water partition coefficient (Wildman–Crippen LogP) is 3.37. The van der Waals surface area contributed by atoms with Crippen molar-refractivity contribution in [3.05, 3.63) is 59.1 Å². The molecular formula is C23H26ClN7. The van der Waals surface area contributed by atoms with Crippen molar-refractivity contribution >= 4 is 23.2 Å². The van der Waals surface area contributed by atoms with Crippen LogP contribution < -0.4 is 9.80 Å². The minimum absolute atomic E-state index is 0.347. The van der Waals surface area contributed by atoms with E-state index in [0.29, 0.717) is 11.5 Å². The van der Waals surface area contributed by atoms with Gasteiger partial charge in [-0.25, -0.2) is 0 Å². The van der Waals surface area contributed by atoms with Gasteiger partial charge in [0.2, 0.25) is 5.95 Å². The number of hydrogen-bond acceptors (Lipinski definition) is 6. The van der Waals surface area contributed by atoms with Gasteiger partial charge in [0.25, 0.3) is 0 Å². The van der Waals surface area contributed by atoms with Crippen molar-refractivity contribution in [3.63, 3.8) is 0 Å². The lowest BCUT2D eigenvalue weighted by atomic mass is 9.73. The summed E-state index contributed by atoms with van der Waals surface area (Å²) in [6.45, 7) is 10.3. The van der Waals surface area contributed by atoms with Gasteiger partial charge in [0.05, 0.1) is 24.1 Å². The third-order valence-corrected chi connectivity index (χ3v) is 7.08. The molecule has 2 fully saturated rings. The molecular weight excluding hydrogens is 410 g/mol. The molecule has 2 aromatic heterocycles. The fourth-order valence-corrected chi connectivity index (χ4v) is 5.37. The molecule has 31 heavy (non-hydrogen) atoms. The van der Waals surface area contributed by atoms with E-state index >= 15 is 0 Å². The largest absolute Gasteiger partial charge is 0.369 e. The van der Waals surface area contributed by atoms with Crippen LogP contribution in [-0.4, -0.2) is 56.9 Å². The Morgan fingerprint density at radius 3 is 2.55 bits per heavy atom. The van der Waals surface area contributed by atoms with Gasteiger partial charge in [-0.1, -0.05) is 11.6 Å². The van der Waals surface area contributed by atoms with E-state index in [1.165, 1.54) is 11.3 Å². The number of fused-ring (bicyclic) bond motifs is 3. The molecule has 3 aromatic rings. The monoisotopic (exact) mass is 435 g/mol. The standard InChI is InChI=1S/C23H26ClN7/c1-16(2)28-10-17-8-18(24)5-6-20(17)31-21(11-28)26-27-22(31)30-14-23(15-30)12-29(13-23)19-4-3-7-25-9-19/h3-9,16H,10-15H2,1-2H3. The van der Waals surface area contributed by atoms with Crippen molar-refractivity contribution in [1.82, 2.24) is 24.6 Å². The number of pyridine rings is 1. The summed E-state index contributed by atoms with van der Waals surface area (Å²) in [6, 6.07) is 10.7. The zero-order valence-electron chi connectivity index (χ0n) is 17.9. The molecule has 5 heterocycles. The maximum Gasteiger partial charge on any atom is 0.231 e. The molecule has 6 rings (SSSR count). The van der Waals surface area contributed by atoms with E-state index in [-0.39, 0.29) is 0 Å². The van der Waals surface area contributed by atoms with Gasteiger partial charge in [-0.05, 0) is 49.7 Å². The first kappa shape index (κ1) is 19.1. The summed E-state index contributed by atoms with van der Waals surface area (Å²) in [5, 5.41) is 10.0. The van der Waals surface area contributed by atoms with E-state index in [4.69, 9.17) is 11.6 Å². The molecule has 0 saturated carbocycles. The van der Waals surface area contributed by atoms with E-state index in [2.05, 4.69) is 66.5 Å². The number of hydrogen-bond donors (Lipinski definition) is 0. The fraction of sp³-hybridized carbons (Fsp3) is 0.435. The Labute approximate surface area is 187 Å². The summed E-state index contributed by atoms with van der Waals surface area (Å²) in [5.41, 5.74) is 3.93. The molecule has 8 heteroatoms. The van der Waals surface area contributed by atoms with Crippen LogP contribution in [0.15, 0.2) is 42.7 Å². The first-order chi connectivity index (χ1) is 15.0. The zero-order valence-corrected chi connectivity index (χ0v) is 18.6. The highest BCUT2D eigenvalue weighted by molar-refractivity contribution is 6.30. The van der Waals surface area contributed by atoms with E-state index in [9.17, 15) is 0 Å². The normalized spacial score (nSPS) is 19.6. The molecule has 0 unspecified atom stereocenters. The lowest BCUT2D eigenvalue weighted by Crippen LogP contribution is -2.72. The number of benzene rings is 1. The van der Waals surface area contributed by atoms with Gasteiger partial charge in [-0.3, -0.25) is 14.5 Å². The molecule has 3 aliphatic heterocycles. The third kappa shape index (κ3) is 3.10. The van der Waals surface area contributed by atoms with Crippen LogP contribution in [-0.2, 0) is 13.1 Å². The number of rotatable bonds is 3. The second-order valence-corrected chi connectivity index (χ2v) is 9.88. The van der Waals surface area contributed by atoms with Gasteiger partial charge in [-0.2, -0.15) is 0 Å². The smallest absolute Gasteiger partial charge is 0.231 e. The Morgan fingerprint density at radius 1 is 1.00 bits per heavy atom. The van der Waals surface area contributed by atoms with Crippen LogP contribution in [0.1, 0.15) is 25.2 Å². The van der Waals surface area contributed by atoms with Crippen molar-refractivity contribution in [2.24, 2.45) is 5.41 Å². The molecule has 2 saturated heterocycles. The minimum atomic E-state index is 0.347. The second-order valence-electron chi connectivity index (χ2n) is 9.45. The Hall–Kier alpha value is -2.64. The molecule has 0 bridgehead atoms. The summed E-state index contributed by atoms with van der Waals surface area (Å²) >= 11 is 6.35. The van der Waals surface area contributed by atoms with Crippen LogP contribution in [0.5, 0.6) is 0 Å². The molecule has 0 amide bonds. The van der Waals surface area contributed by atoms with Crippen LogP contribution in [0.4, 0.5) is 11.6 Å². The summed E-state index contributed by atoms with van der Waals surface area (Å²) in [4.78, 5) is 11.5. The van der Waals surface area contributed by atoms with Gasteiger partial charge >= 0.3 is 0 Å². The summed E-state index contributed by atoms with van der Waals surface area (Å²) in [7, 11) is 0. The second kappa shape index (κ2) is 6.93. The number of anilines is 2. The Kier molecular flexibility index (Phi) is 4.27. The topological polar surface area (TPSA) is 53.3 Å². The van der Waals surface area contributed by atoms with Crippen molar-refractivity contribution < 1.29 is 0 Å². The van der Waals surface area contributed by atoms with E-state index < -0.39 is 0 Å². The average Bonchev–Trinajstić information content (AvgIpc) is 3.02. The van der Waals surface area contributed by atoms with Crippen LogP contribution in [0, 0.1) is 5.41 Å². The summed E-state index contributed by atoms with van der Waals surface area (Å²) < 4.78 is 2.25. The van der Waals surface area contributed by atoms with Gasteiger partial charge in [0, 0.05) is 55.4 Å². The highest BCUT2D eigenvalue weighted by Crippen LogP contribution is 2.44. The average molecular weight is 436 g/mol. The van der Waals surface area contributed by atoms with Gasteiger partial charge in [0.15, 0.2) is 5.82 Å². The highest BCUT2D eigenvalue weighted by atomic mass is 35.5. The van der Waals surface area contributed by atoms with Crippen molar-refractivity contribution in [3.8, 4) is 5.69 Å². The Morgan fingerprint density at radius 2 is 1.81 bits per heavy atom. The third-order valence-electron chi connectivity index (χ3n) is 6.84. The summed E-state index contributed by atoms with van der Waals surface area (Å²) in [6.07, 6.45) is 3.77. The van der Waals surface area contributed by atoms with Crippen LogP contribution in [0.3, 0.4) is 0 Å². The minimum Gasteiger partial charge on any atom is -0.369 e. The molecule has 0 atom stereocenters. The highest BCUT2D eigenvalue weighted by Gasteiger charge is 2.53. The molecule has 0 aliphatic carbocycles. The number of aromatic nitrogens is 4. The summed E-state index contributed by atoms with van der Waals surface area (Å²) in [5.74, 6) is 1.95. The van der Waals surface area contributed by atoms with Crippen LogP contribution in [0.2, 0.25) is 5.02 Å². The zero-order chi connectivity index (χ0) is 21.2. The molecule has 0 radical (unpaired) electrons. The molecule has 1 aromatic carbocycles. The molecule has 7 nitrogen and oxygen atoms in total. The number of halogens is 1. The maximum atomic E-state index is 6.35. The fourth-order valence-electron chi connectivity index (χ4n) is 5.17.